The molecule has 6 nitrogen and oxygen atoms in total. The van der Waals surface area contributed by atoms with E-state index in [1.54, 1.807) is 19.2 Å². The first-order valence-corrected chi connectivity index (χ1v) is 11.7. The second-order valence-corrected chi connectivity index (χ2v) is 8.75. The zero-order valence-corrected chi connectivity index (χ0v) is 19.9. The lowest BCUT2D eigenvalue weighted by atomic mass is 10.1. The molecular formula is C25H23ClN4O2S. The van der Waals surface area contributed by atoms with E-state index in [9.17, 15) is 4.79 Å². The molecule has 4 rings (SSSR count). The molecule has 4 aromatic rings. The van der Waals surface area contributed by atoms with Gasteiger partial charge < -0.3 is 10.1 Å². The number of nitrogens with zero attached hydrogens (tertiary/aromatic N) is 3. The van der Waals surface area contributed by atoms with E-state index in [-0.39, 0.29) is 11.7 Å². The van der Waals surface area contributed by atoms with Crippen molar-refractivity contribution in [1.29, 1.82) is 0 Å². The Bertz CT molecular complexity index is 1240. The van der Waals surface area contributed by atoms with Crippen molar-refractivity contribution in [1.82, 2.24) is 20.1 Å². The normalized spacial score (nSPS) is 10.8. The van der Waals surface area contributed by atoms with Gasteiger partial charge in [-0.15, -0.1) is 10.2 Å². The molecule has 0 aliphatic carbocycles. The molecule has 0 spiro atoms. The van der Waals surface area contributed by atoms with Gasteiger partial charge in [-0.1, -0.05) is 65.3 Å². The molecule has 0 atom stereocenters. The Morgan fingerprint density at radius 3 is 2.48 bits per heavy atom. The van der Waals surface area contributed by atoms with Crippen molar-refractivity contribution in [2.45, 2.75) is 18.6 Å². The van der Waals surface area contributed by atoms with Crippen molar-refractivity contribution in [2.75, 3.05) is 12.9 Å². The number of hydrogen-bond acceptors (Lipinski definition) is 5. The fourth-order valence-electron chi connectivity index (χ4n) is 3.28. The van der Waals surface area contributed by atoms with Gasteiger partial charge in [0.1, 0.15) is 5.75 Å². The van der Waals surface area contributed by atoms with Gasteiger partial charge in [0.15, 0.2) is 11.0 Å². The van der Waals surface area contributed by atoms with Crippen LogP contribution in [-0.2, 0) is 11.3 Å². The van der Waals surface area contributed by atoms with Crippen LogP contribution in [0.2, 0.25) is 5.02 Å². The van der Waals surface area contributed by atoms with E-state index in [0.29, 0.717) is 28.3 Å². The second kappa shape index (κ2) is 10.6. The molecule has 1 amide bonds. The highest BCUT2D eigenvalue weighted by molar-refractivity contribution is 7.99. The van der Waals surface area contributed by atoms with Crippen molar-refractivity contribution in [2.24, 2.45) is 0 Å². The minimum Gasteiger partial charge on any atom is -0.496 e. The largest absolute Gasteiger partial charge is 0.496 e. The summed E-state index contributed by atoms with van der Waals surface area (Å²) >= 11 is 7.25. The summed E-state index contributed by atoms with van der Waals surface area (Å²) in [7, 11) is 1.63. The SMILES string of the molecule is COc1ccccc1-c1nnc(SCC(=O)NCc2ccc(Cl)cc2)n1-c1ccc(C)cc1. The van der Waals surface area contributed by atoms with Gasteiger partial charge in [0.25, 0.3) is 0 Å². The maximum Gasteiger partial charge on any atom is 0.230 e. The lowest BCUT2D eigenvalue weighted by molar-refractivity contribution is -0.118. The van der Waals surface area contributed by atoms with Gasteiger partial charge in [0.2, 0.25) is 5.91 Å². The number of aromatic nitrogens is 3. The average molecular weight is 479 g/mol. The summed E-state index contributed by atoms with van der Waals surface area (Å²) < 4.78 is 7.49. The molecule has 0 aliphatic rings. The summed E-state index contributed by atoms with van der Waals surface area (Å²) in [5, 5.41) is 13.1. The van der Waals surface area contributed by atoms with Crippen LogP contribution in [0.3, 0.4) is 0 Å². The molecule has 8 heteroatoms. The van der Waals surface area contributed by atoms with E-state index >= 15 is 0 Å². The maximum atomic E-state index is 12.5. The molecule has 0 aliphatic heterocycles. The first-order chi connectivity index (χ1) is 16.0. The topological polar surface area (TPSA) is 69.0 Å². The zero-order valence-electron chi connectivity index (χ0n) is 18.3. The number of carbonyl (C=O) groups is 1. The highest BCUT2D eigenvalue weighted by Crippen LogP contribution is 2.33. The molecule has 0 radical (unpaired) electrons. The minimum absolute atomic E-state index is 0.0905. The molecule has 0 unspecified atom stereocenters. The van der Waals surface area contributed by atoms with Crippen molar-refractivity contribution >= 4 is 29.3 Å². The van der Waals surface area contributed by atoms with Gasteiger partial charge in [-0.2, -0.15) is 0 Å². The van der Waals surface area contributed by atoms with Crippen LogP contribution in [0.25, 0.3) is 17.1 Å². The highest BCUT2D eigenvalue weighted by Gasteiger charge is 2.19. The Morgan fingerprint density at radius 2 is 1.76 bits per heavy atom. The molecule has 33 heavy (non-hydrogen) atoms. The smallest absolute Gasteiger partial charge is 0.230 e. The lowest BCUT2D eigenvalue weighted by Crippen LogP contribution is -2.24. The maximum absolute atomic E-state index is 12.5. The standard InChI is InChI=1S/C25H23ClN4O2S/c1-17-7-13-20(14-8-17)30-24(21-5-3-4-6-22(21)32-2)28-29-25(30)33-16-23(31)27-15-18-9-11-19(26)12-10-18/h3-14H,15-16H2,1-2H3,(H,27,31). The van der Waals surface area contributed by atoms with Crippen molar-refractivity contribution in [3.63, 3.8) is 0 Å². The summed E-state index contributed by atoms with van der Waals surface area (Å²) in [5.41, 5.74) is 3.88. The third kappa shape index (κ3) is 5.56. The quantitative estimate of drug-likeness (QED) is 0.347. The molecule has 168 valence electrons. The number of ether oxygens (including phenoxy) is 1. The number of carbonyl (C=O) groups excluding carboxylic acids is 1. The Balaban J connectivity index is 1.56. The summed E-state index contributed by atoms with van der Waals surface area (Å²) in [6.07, 6.45) is 0. The molecule has 3 aromatic carbocycles. The molecule has 1 N–H and O–H groups in total. The summed E-state index contributed by atoms with van der Waals surface area (Å²) in [6.45, 7) is 2.48. The zero-order chi connectivity index (χ0) is 23.2. The highest BCUT2D eigenvalue weighted by atomic mass is 35.5. The van der Waals surface area contributed by atoms with Crippen LogP contribution in [-0.4, -0.2) is 33.5 Å². The number of rotatable bonds is 8. The number of para-hydroxylation sites is 1. The molecule has 1 heterocycles. The first-order valence-electron chi connectivity index (χ1n) is 10.3. The fourth-order valence-corrected chi connectivity index (χ4v) is 4.19. The third-order valence-corrected chi connectivity index (χ3v) is 6.19. The van der Waals surface area contributed by atoms with Crippen molar-refractivity contribution < 1.29 is 9.53 Å². The Kier molecular flexibility index (Phi) is 7.32. The monoisotopic (exact) mass is 478 g/mol. The summed E-state index contributed by atoms with van der Waals surface area (Å²) in [6, 6.07) is 23.2. The number of hydrogen-bond donors (Lipinski definition) is 1. The minimum atomic E-state index is -0.0905. The van der Waals surface area contributed by atoms with E-state index < -0.39 is 0 Å². The van der Waals surface area contributed by atoms with Crippen molar-refractivity contribution in [3.05, 3.63) is 88.9 Å². The van der Waals surface area contributed by atoms with Gasteiger partial charge in [0.05, 0.1) is 18.4 Å². The van der Waals surface area contributed by atoms with Gasteiger partial charge in [-0.3, -0.25) is 9.36 Å². The Hall–Kier alpha value is -3.29. The van der Waals surface area contributed by atoms with Crippen LogP contribution in [0.5, 0.6) is 5.75 Å². The number of aryl methyl sites for hydroxylation is 1. The third-order valence-electron chi connectivity index (χ3n) is 5.01. The van der Waals surface area contributed by atoms with E-state index in [1.165, 1.54) is 11.8 Å². The van der Waals surface area contributed by atoms with Gasteiger partial charge in [-0.25, -0.2) is 0 Å². The van der Waals surface area contributed by atoms with Gasteiger partial charge in [-0.05, 0) is 48.9 Å². The van der Waals surface area contributed by atoms with Crippen LogP contribution in [0.15, 0.2) is 78.0 Å². The van der Waals surface area contributed by atoms with E-state index in [4.69, 9.17) is 16.3 Å². The van der Waals surface area contributed by atoms with Crippen LogP contribution in [0.1, 0.15) is 11.1 Å². The number of amides is 1. The van der Waals surface area contributed by atoms with Crippen LogP contribution < -0.4 is 10.1 Å². The number of halogens is 1. The van der Waals surface area contributed by atoms with E-state index in [1.807, 2.05) is 72.2 Å². The van der Waals surface area contributed by atoms with E-state index in [2.05, 4.69) is 15.5 Å². The Labute approximate surface area is 202 Å². The molecule has 0 saturated heterocycles. The number of methoxy groups -OCH3 is 1. The van der Waals surface area contributed by atoms with Crippen LogP contribution in [0.4, 0.5) is 0 Å². The molecular weight excluding hydrogens is 456 g/mol. The average Bonchev–Trinajstić information content (AvgIpc) is 3.26. The van der Waals surface area contributed by atoms with Crippen molar-refractivity contribution in [3.8, 4) is 22.8 Å². The molecule has 1 aromatic heterocycles. The molecule has 0 fully saturated rings. The predicted molar refractivity (Wildman–Crippen MR) is 132 cm³/mol. The number of thioether (sulfide) groups is 1. The van der Waals surface area contributed by atoms with E-state index in [0.717, 1.165) is 22.4 Å². The number of nitrogens with one attached hydrogen (secondary N) is 1. The first kappa shape index (κ1) is 22.9. The summed E-state index contributed by atoms with van der Waals surface area (Å²) in [5.74, 6) is 1.48. The second-order valence-electron chi connectivity index (χ2n) is 7.37. The summed E-state index contributed by atoms with van der Waals surface area (Å²) in [4.78, 5) is 12.5. The molecule has 0 bridgehead atoms. The predicted octanol–water partition coefficient (Wildman–Crippen LogP) is 5.31. The fraction of sp³-hybridized carbons (Fsp3) is 0.160. The molecule has 0 saturated carbocycles. The Morgan fingerprint density at radius 1 is 1.03 bits per heavy atom. The van der Waals surface area contributed by atoms with Crippen LogP contribution >= 0.6 is 23.4 Å². The number of benzene rings is 3. The lowest BCUT2D eigenvalue weighted by Gasteiger charge is -2.13. The van der Waals surface area contributed by atoms with Gasteiger partial charge >= 0.3 is 0 Å². The van der Waals surface area contributed by atoms with Gasteiger partial charge in [0, 0.05) is 17.3 Å². The van der Waals surface area contributed by atoms with Crippen LogP contribution in [0, 0.1) is 6.92 Å².